The largest absolute Gasteiger partial charge is 0.351 e. The molecule has 2 aliphatic carbocycles. The third-order valence-electron chi connectivity index (χ3n) is 5.34. The fourth-order valence-corrected chi connectivity index (χ4v) is 3.57. The Bertz CT molecular complexity index is 746. The highest BCUT2D eigenvalue weighted by Gasteiger charge is 2.26. The number of anilines is 1. The molecule has 0 aromatic carbocycles. The Kier molecular flexibility index (Phi) is 4.41. The summed E-state index contributed by atoms with van der Waals surface area (Å²) in [5.41, 5.74) is 8.13. The normalized spacial score (nSPS) is 23.6. The van der Waals surface area contributed by atoms with Crippen LogP contribution in [0.25, 0.3) is 11.3 Å². The van der Waals surface area contributed by atoms with Crippen molar-refractivity contribution < 1.29 is 4.39 Å². The number of aromatic nitrogens is 4. The highest BCUT2D eigenvalue weighted by atomic mass is 19.1. The first-order chi connectivity index (χ1) is 12.1. The lowest BCUT2D eigenvalue weighted by Gasteiger charge is -2.26. The van der Waals surface area contributed by atoms with E-state index in [9.17, 15) is 4.39 Å². The summed E-state index contributed by atoms with van der Waals surface area (Å²) in [6.07, 6.45) is 10.4. The molecule has 0 saturated heterocycles. The van der Waals surface area contributed by atoms with E-state index in [1.165, 1.54) is 19.0 Å². The van der Waals surface area contributed by atoms with Crippen LogP contribution in [0.1, 0.15) is 44.2 Å². The Labute approximate surface area is 147 Å². The molecule has 7 heteroatoms. The fourth-order valence-electron chi connectivity index (χ4n) is 3.57. The predicted octanol–water partition coefficient (Wildman–Crippen LogP) is 2.65. The number of hydrogen-bond donors (Lipinski definition) is 2. The van der Waals surface area contributed by atoms with Crippen LogP contribution in [-0.2, 0) is 13.5 Å². The molecule has 4 rings (SSSR count). The lowest BCUT2D eigenvalue weighted by molar-refractivity contribution is 0.409. The molecule has 25 heavy (non-hydrogen) atoms. The fraction of sp³-hybridized carbons (Fsp3) is 0.611. The lowest BCUT2D eigenvalue weighted by atomic mass is 9.92. The van der Waals surface area contributed by atoms with Gasteiger partial charge in [0.1, 0.15) is 5.69 Å². The molecule has 2 aliphatic rings. The van der Waals surface area contributed by atoms with E-state index in [1.54, 1.807) is 6.20 Å². The van der Waals surface area contributed by atoms with Gasteiger partial charge in [0.05, 0.1) is 12.4 Å². The molecule has 0 amide bonds. The molecule has 134 valence electrons. The van der Waals surface area contributed by atoms with Gasteiger partial charge in [-0.2, -0.15) is 5.10 Å². The van der Waals surface area contributed by atoms with Crippen LogP contribution in [0.2, 0.25) is 0 Å². The molecule has 0 unspecified atom stereocenters. The second-order valence-corrected chi connectivity index (χ2v) is 7.42. The van der Waals surface area contributed by atoms with E-state index in [0.717, 1.165) is 43.4 Å². The molecule has 0 spiro atoms. The van der Waals surface area contributed by atoms with Crippen molar-refractivity contribution in [2.45, 2.75) is 57.0 Å². The topological polar surface area (TPSA) is 81.7 Å². The number of nitrogens with two attached hydrogens (primary N) is 1. The molecule has 2 aromatic heterocycles. The first-order valence-electron chi connectivity index (χ1n) is 9.16. The maximum Gasteiger partial charge on any atom is 0.223 e. The van der Waals surface area contributed by atoms with Gasteiger partial charge in [-0.15, -0.1) is 0 Å². The minimum Gasteiger partial charge on any atom is -0.351 e. The van der Waals surface area contributed by atoms with Gasteiger partial charge in [0.15, 0.2) is 5.82 Å². The van der Waals surface area contributed by atoms with Gasteiger partial charge >= 0.3 is 0 Å². The number of nitrogens with one attached hydrogen (secondary N) is 1. The SMILES string of the molecule is Cn1ncc(-c2nc(N[C@H]3CC[C@H](N)CC3)ncc2F)c1CC1CC1. The zero-order valence-electron chi connectivity index (χ0n) is 14.6. The minimum absolute atomic E-state index is 0.295. The monoisotopic (exact) mass is 344 g/mol. The quantitative estimate of drug-likeness (QED) is 0.871. The summed E-state index contributed by atoms with van der Waals surface area (Å²) in [5.74, 6) is 0.780. The summed E-state index contributed by atoms with van der Waals surface area (Å²) in [7, 11) is 1.91. The van der Waals surface area contributed by atoms with Gasteiger partial charge in [0.2, 0.25) is 5.95 Å². The minimum atomic E-state index is -0.402. The van der Waals surface area contributed by atoms with Gasteiger partial charge in [-0.05, 0) is 50.9 Å². The second-order valence-electron chi connectivity index (χ2n) is 7.42. The molecule has 3 N–H and O–H groups in total. The van der Waals surface area contributed by atoms with Crippen molar-refractivity contribution in [3.8, 4) is 11.3 Å². The number of aryl methyl sites for hydroxylation is 1. The molecule has 0 aliphatic heterocycles. The van der Waals surface area contributed by atoms with Gasteiger partial charge in [0.25, 0.3) is 0 Å². The Morgan fingerprint density at radius 1 is 1.20 bits per heavy atom. The second kappa shape index (κ2) is 6.71. The van der Waals surface area contributed by atoms with E-state index in [2.05, 4.69) is 20.4 Å². The van der Waals surface area contributed by atoms with E-state index < -0.39 is 5.82 Å². The van der Waals surface area contributed by atoms with Crippen molar-refractivity contribution in [2.24, 2.45) is 18.7 Å². The van der Waals surface area contributed by atoms with Crippen LogP contribution in [0.15, 0.2) is 12.4 Å². The van der Waals surface area contributed by atoms with E-state index in [4.69, 9.17) is 5.73 Å². The molecule has 0 bridgehead atoms. The Morgan fingerprint density at radius 2 is 1.96 bits per heavy atom. The Balaban J connectivity index is 1.57. The summed E-state index contributed by atoms with van der Waals surface area (Å²) >= 11 is 0. The highest BCUT2D eigenvalue weighted by molar-refractivity contribution is 5.63. The van der Waals surface area contributed by atoms with Crippen LogP contribution in [0.3, 0.4) is 0 Å². The Hall–Kier alpha value is -2.02. The standard InChI is InChI=1S/C18H25FN6/c1-25-16(8-11-2-3-11)14(9-22-25)17-15(19)10-21-18(24-17)23-13-6-4-12(20)5-7-13/h9-13H,2-8,20H2,1H3,(H,21,23,24)/t12-,13-. The van der Waals surface area contributed by atoms with Gasteiger partial charge in [0, 0.05) is 30.4 Å². The van der Waals surface area contributed by atoms with Gasteiger partial charge in [-0.1, -0.05) is 0 Å². The molecule has 2 fully saturated rings. The summed E-state index contributed by atoms with van der Waals surface area (Å²) in [4.78, 5) is 8.61. The molecule has 6 nitrogen and oxygen atoms in total. The average Bonchev–Trinajstić information content (AvgIpc) is 3.35. The number of halogens is 1. The van der Waals surface area contributed by atoms with Crippen molar-refractivity contribution in [3.63, 3.8) is 0 Å². The van der Waals surface area contributed by atoms with Crippen LogP contribution in [0.5, 0.6) is 0 Å². The van der Waals surface area contributed by atoms with Crippen LogP contribution in [-0.4, -0.2) is 31.8 Å². The van der Waals surface area contributed by atoms with Gasteiger partial charge in [-0.3, -0.25) is 4.68 Å². The number of hydrogen-bond acceptors (Lipinski definition) is 5. The zero-order chi connectivity index (χ0) is 17.4. The van der Waals surface area contributed by atoms with E-state index in [-0.39, 0.29) is 0 Å². The van der Waals surface area contributed by atoms with Crippen molar-refractivity contribution in [1.82, 2.24) is 19.7 Å². The number of nitrogens with zero attached hydrogens (tertiary/aromatic N) is 4. The van der Waals surface area contributed by atoms with Gasteiger partial charge in [-0.25, -0.2) is 14.4 Å². The van der Waals surface area contributed by atoms with Crippen LogP contribution >= 0.6 is 0 Å². The average molecular weight is 344 g/mol. The maximum atomic E-state index is 14.4. The van der Waals surface area contributed by atoms with E-state index in [1.807, 2.05) is 11.7 Å². The third-order valence-corrected chi connectivity index (χ3v) is 5.34. The maximum absolute atomic E-state index is 14.4. The van der Waals surface area contributed by atoms with E-state index >= 15 is 0 Å². The molecular formula is C18H25FN6. The summed E-state index contributed by atoms with van der Waals surface area (Å²) in [6, 6.07) is 0.598. The van der Waals surface area contributed by atoms with Crippen molar-refractivity contribution in [3.05, 3.63) is 23.9 Å². The molecule has 2 saturated carbocycles. The first kappa shape index (κ1) is 16.4. The third kappa shape index (κ3) is 3.66. The summed E-state index contributed by atoms with van der Waals surface area (Å²) in [6.45, 7) is 0. The smallest absolute Gasteiger partial charge is 0.223 e. The van der Waals surface area contributed by atoms with Crippen LogP contribution in [0, 0.1) is 11.7 Å². The molecule has 2 aromatic rings. The van der Waals surface area contributed by atoms with Crippen molar-refractivity contribution in [2.75, 3.05) is 5.32 Å². The van der Waals surface area contributed by atoms with Crippen molar-refractivity contribution >= 4 is 5.95 Å². The van der Waals surface area contributed by atoms with Crippen molar-refractivity contribution in [1.29, 1.82) is 0 Å². The Morgan fingerprint density at radius 3 is 2.68 bits per heavy atom. The van der Waals surface area contributed by atoms with E-state index in [0.29, 0.717) is 29.6 Å². The van der Waals surface area contributed by atoms with Crippen LogP contribution in [0.4, 0.5) is 10.3 Å². The van der Waals surface area contributed by atoms with Gasteiger partial charge < -0.3 is 11.1 Å². The molecular weight excluding hydrogens is 319 g/mol. The molecule has 0 atom stereocenters. The zero-order valence-corrected chi connectivity index (χ0v) is 14.6. The highest BCUT2D eigenvalue weighted by Crippen LogP contribution is 2.36. The summed E-state index contributed by atoms with van der Waals surface area (Å²) in [5, 5.41) is 7.67. The lowest BCUT2D eigenvalue weighted by Crippen LogP contribution is -2.33. The van der Waals surface area contributed by atoms with Crippen LogP contribution < -0.4 is 11.1 Å². The first-order valence-corrected chi connectivity index (χ1v) is 9.16. The molecule has 2 heterocycles. The molecule has 0 radical (unpaired) electrons. The number of rotatable bonds is 5. The summed E-state index contributed by atoms with van der Waals surface area (Å²) < 4.78 is 16.3. The predicted molar refractivity (Wildman–Crippen MR) is 94.5 cm³/mol.